The predicted molar refractivity (Wildman–Crippen MR) is 189 cm³/mol. The van der Waals surface area contributed by atoms with Crippen molar-refractivity contribution < 1.29 is 48.4 Å². The van der Waals surface area contributed by atoms with E-state index in [-0.39, 0.29) is 13.2 Å². The Kier molecular flexibility index (Phi) is 18.0. The molecule has 0 aliphatic heterocycles. The van der Waals surface area contributed by atoms with Gasteiger partial charge in [0.05, 0.1) is 18.8 Å². The molecule has 0 aliphatic carbocycles. The Morgan fingerprint density at radius 3 is 1.86 bits per heavy atom. The van der Waals surface area contributed by atoms with E-state index in [1.807, 2.05) is 52.0 Å². The lowest BCUT2D eigenvalue weighted by molar-refractivity contribution is -0.272. The van der Waals surface area contributed by atoms with Crippen LogP contribution in [0.15, 0.2) is 108 Å². The monoisotopic (exact) mass is 674 g/mol. The summed E-state index contributed by atoms with van der Waals surface area (Å²) >= 11 is 0. The highest BCUT2D eigenvalue weighted by Gasteiger charge is 2.13. The van der Waals surface area contributed by atoms with Gasteiger partial charge in [-0.2, -0.15) is 4.89 Å². The molecule has 0 aromatic heterocycles. The first-order chi connectivity index (χ1) is 23.6. The lowest BCUT2D eigenvalue weighted by Crippen LogP contribution is -2.29. The number of esters is 2. The Morgan fingerprint density at radius 2 is 1.24 bits per heavy atom. The second kappa shape index (κ2) is 21.9. The maximum absolute atomic E-state index is 12.8. The third-order valence-corrected chi connectivity index (χ3v) is 7.19. The molecule has 0 aliphatic rings. The van der Waals surface area contributed by atoms with Gasteiger partial charge in [-0.15, -0.1) is 0 Å². The van der Waals surface area contributed by atoms with E-state index >= 15 is 0 Å². The van der Waals surface area contributed by atoms with Crippen LogP contribution >= 0.6 is 0 Å². The molecule has 2 N–H and O–H groups in total. The van der Waals surface area contributed by atoms with E-state index in [9.17, 15) is 19.6 Å². The Bertz CT molecular complexity index is 1530. The first kappa shape index (κ1) is 40.3. The molecular formula is C38H47BO10. The van der Waals surface area contributed by atoms with Crippen LogP contribution in [0.4, 0.5) is 0 Å². The van der Waals surface area contributed by atoms with Gasteiger partial charge < -0.3 is 33.9 Å². The summed E-state index contributed by atoms with van der Waals surface area (Å²) in [5.41, 5.74) is 4.02. The Morgan fingerprint density at radius 1 is 0.714 bits per heavy atom. The van der Waals surface area contributed by atoms with E-state index in [0.29, 0.717) is 47.9 Å². The standard InChI is InChI=1S/C36H41BO10.C2H6/c1-6-35(38)43-22-8-7-21-42-33-17-11-30(12-18-33)24-45-47-28(5)26(3)25(2)27(4)46-36(39)31-13-19-34(20-14-31)44-23-29-9-15-32(16-10-29)37(40)41;1-2/h6,9-20,40-41H,1,7-8,21-24H2,2-5H3;1-2H3/b27-25+,28-26+;. The van der Waals surface area contributed by atoms with Gasteiger partial charge in [0.2, 0.25) is 0 Å². The number of allylic oxidation sites excluding steroid dienone is 4. The fraction of sp³-hybridized carbons (Fsp3) is 0.316. The van der Waals surface area contributed by atoms with Crippen LogP contribution in [0.2, 0.25) is 0 Å². The van der Waals surface area contributed by atoms with E-state index < -0.39 is 19.1 Å². The number of ether oxygens (including phenoxy) is 4. The fourth-order valence-corrected chi connectivity index (χ4v) is 4.00. The smallest absolute Gasteiger partial charge is 0.488 e. The van der Waals surface area contributed by atoms with Crippen LogP contribution in [0.25, 0.3) is 0 Å². The van der Waals surface area contributed by atoms with Crippen molar-refractivity contribution in [3.05, 3.63) is 125 Å². The molecule has 0 fully saturated rings. The maximum atomic E-state index is 12.8. The van der Waals surface area contributed by atoms with Gasteiger partial charge in [-0.25, -0.2) is 9.59 Å². The average Bonchev–Trinajstić information content (AvgIpc) is 3.13. The van der Waals surface area contributed by atoms with E-state index in [2.05, 4.69) is 6.58 Å². The Balaban J connectivity index is 0.00000409. The van der Waals surface area contributed by atoms with E-state index in [1.54, 1.807) is 62.4 Å². The topological polar surface area (TPSA) is 130 Å². The largest absolute Gasteiger partial charge is 0.494 e. The third-order valence-electron chi connectivity index (χ3n) is 7.19. The summed E-state index contributed by atoms with van der Waals surface area (Å²) in [6, 6.07) is 20.8. The van der Waals surface area contributed by atoms with Gasteiger partial charge in [-0.3, -0.25) is 0 Å². The molecule has 0 amide bonds. The van der Waals surface area contributed by atoms with E-state index in [4.69, 9.17) is 28.7 Å². The first-order valence-electron chi connectivity index (χ1n) is 16.1. The lowest BCUT2D eigenvalue weighted by atomic mass is 9.80. The summed E-state index contributed by atoms with van der Waals surface area (Å²) in [7, 11) is -1.51. The minimum Gasteiger partial charge on any atom is -0.494 e. The van der Waals surface area contributed by atoms with Gasteiger partial charge in [0.25, 0.3) is 0 Å². The zero-order valence-electron chi connectivity index (χ0n) is 29.2. The zero-order valence-corrected chi connectivity index (χ0v) is 29.2. The number of unbranched alkanes of at least 4 members (excludes halogenated alkanes) is 1. The van der Waals surface area contributed by atoms with Gasteiger partial charge >= 0.3 is 19.1 Å². The predicted octanol–water partition coefficient (Wildman–Crippen LogP) is 6.75. The molecule has 3 aromatic carbocycles. The Hall–Kier alpha value is -4.84. The van der Waals surface area contributed by atoms with Gasteiger partial charge in [0, 0.05) is 6.08 Å². The number of carbonyl (C=O) groups excluding carboxylic acids is 2. The second-order valence-electron chi connectivity index (χ2n) is 10.6. The van der Waals surface area contributed by atoms with Crippen molar-refractivity contribution in [1.29, 1.82) is 0 Å². The molecule has 0 atom stereocenters. The van der Waals surface area contributed by atoms with Gasteiger partial charge in [0.1, 0.15) is 36.2 Å². The molecule has 49 heavy (non-hydrogen) atoms. The number of benzene rings is 3. The van der Waals surface area contributed by atoms with Crippen LogP contribution in [0.5, 0.6) is 11.5 Å². The summed E-state index contributed by atoms with van der Waals surface area (Å²) in [6.07, 6.45) is 2.60. The molecule has 10 nitrogen and oxygen atoms in total. The molecule has 3 aromatic rings. The number of carbonyl (C=O) groups is 2. The fourth-order valence-electron chi connectivity index (χ4n) is 4.00. The summed E-state index contributed by atoms with van der Waals surface area (Å²) < 4.78 is 22.0. The zero-order chi connectivity index (χ0) is 36.2. The second-order valence-corrected chi connectivity index (χ2v) is 10.6. The summed E-state index contributed by atoms with van der Waals surface area (Å²) in [5, 5.41) is 18.4. The SMILES string of the molecule is C=CC(=O)OCCCCOc1ccc(COO/C(C)=C(C)/C(C)=C(\C)OC(=O)c2ccc(OCc3ccc(B(O)O)cc3)cc2)cc1.CC. The highest BCUT2D eigenvalue weighted by atomic mass is 17.2. The molecule has 0 radical (unpaired) electrons. The van der Waals surface area contributed by atoms with Crippen LogP contribution in [0.1, 0.15) is 75.9 Å². The molecule has 0 saturated carbocycles. The van der Waals surface area contributed by atoms with Gasteiger partial charge in [0.15, 0.2) is 0 Å². The highest BCUT2D eigenvalue weighted by molar-refractivity contribution is 6.58. The minimum atomic E-state index is -1.51. The molecule has 0 unspecified atom stereocenters. The van der Waals surface area contributed by atoms with Gasteiger partial charge in [-0.1, -0.05) is 56.8 Å². The average molecular weight is 675 g/mol. The van der Waals surface area contributed by atoms with Crippen LogP contribution < -0.4 is 14.9 Å². The van der Waals surface area contributed by atoms with E-state index in [1.165, 1.54) is 0 Å². The van der Waals surface area contributed by atoms with Crippen molar-refractivity contribution in [1.82, 2.24) is 0 Å². The van der Waals surface area contributed by atoms with Crippen LogP contribution in [-0.2, 0) is 37.3 Å². The normalized spacial score (nSPS) is 11.5. The number of rotatable bonds is 18. The van der Waals surface area contributed by atoms with Crippen LogP contribution in [-0.4, -0.2) is 42.3 Å². The van der Waals surface area contributed by atoms with Crippen molar-refractivity contribution in [2.24, 2.45) is 0 Å². The quantitative estimate of drug-likeness (QED) is 0.0218. The summed E-state index contributed by atoms with van der Waals surface area (Å²) in [5.74, 6) is 1.33. The molecule has 262 valence electrons. The van der Waals surface area contributed by atoms with E-state index in [0.717, 1.165) is 40.5 Å². The Labute approximate surface area is 289 Å². The lowest BCUT2D eigenvalue weighted by Gasteiger charge is -2.13. The molecular weight excluding hydrogens is 627 g/mol. The highest BCUT2D eigenvalue weighted by Crippen LogP contribution is 2.22. The molecule has 0 bridgehead atoms. The first-order valence-corrected chi connectivity index (χ1v) is 16.1. The maximum Gasteiger partial charge on any atom is 0.488 e. The molecule has 11 heteroatoms. The van der Waals surface area contributed by atoms with Crippen LogP contribution in [0, 0.1) is 0 Å². The van der Waals surface area contributed by atoms with Gasteiger partial charge in [-0.05, 0) is 105 Å². The third kappa shape index (κ3) is 14.4. The minimum absolute atomic E-state index is 0.218. The number of hydrogen-bond acceptors (Lipinski definition) is 10. The van der Waals surface area contributed by atoms with Crippen molar-refractivity contribution in [3.8, 4) is 11.5 Å². The van der Waals surface area contributed by atoms with Crippen LogP contribution in [0.3, 0.4) is 0 Å². The molecule has 3 rings (SSSR count). The number of hydrogen-bond donors (Lipinski definition) is 2. The summed E-state index contributed by atoms with van der Waals surface area (Å²) in [6.45, 7) is 15.9. The summed E-state index contributed by atoms with van der Waals surface area (Å²) in [4.78, 5) is 34.7. The van der Waals surface area contributed by atoms with Crippen molar-refractivity contribution in [3.63, 3.8) is 0 Å². The van der Waals surface area contributed by atoms with Crippen molar-refractivity contribution >= 4 is 24.5 Å². The molecule has 0 spiro atoms. The molecule has 0 saturated heterocycles. The van der Waals surface area contributed by atoms with Crippen molar-refractivity contribution in [2.45, 2.75) is 67.6 Å². The molecule has 0 heterocycles. The van der Waals surface area contributed by atoms with Crippen molar-refractivity contribution in [2.75, 3.05) is 13.2 Å².